The molecule has 5 rings (SSSR count). The van der Waals surface area contributed by atoms with Gasteiger partial charge in [-0.25, -0.2) is 9.40 Å². The lowest BCUT2D eigenvalue weighted by molar-refractivity contribution is -0.157. The Hall–Kier alpha value is -4.01. The Morgan fingerprint density at radius 2 is 1.90 bits per heavy atom. The minimum Gasteiger partial charge on any atom is -0.357 e. The van der Waals surface area contributed by atoms with Crippen LogP contribution in [0.1, 0.15) is 11.3 Å². The van der Waals surface area contributed by atoms with Crippen molar-refractivity contribution < 1.29 is 18.8 Å². The summed E-state index contributed by atoms with van der Waals surface area (Å²) >= 11 is 0. The van der Waals surface area contributed by atoms with Gasteiger partial charge in [0, 0.05) is 28.7 Å². The van der Waals surface area contributed by atoms with Gasteiger partial charge in [0.05, 0.1) is 6.54 Å². The van der Waals surface area contributed by atoms with Crippen LogP contribution in [0.15, 0.2) is 53.6 Å². The predicted molar refractivity (Wildman–Crippen MR) is 112 cm³/mol. The first-order valence-corrected chi connectivity index (χ1v) is 9.79. The fraction of sp³-hybridized carbons (Fsp3) is 0.182. The van der Waals surface area contributed by atoms with Crippen molar-refractivity contribution in [2.24, 2.45) is 5.10 Å². The van der Waals surface area contributed by atoms with E-state index >= 15 is 0 Å². The number of para-hydroxylation sites is 1. The number of aromatic amines is 1. The highest BCUT2D eigenvalue weighted by Crippen LogP contribution is 2.32. The van der Waals surface area contributed by atoms with E-state index in [0.29, 0.717) is 18.7 Å². The van der Waals surface area contributed by atoms with Gasteiger partial charge in [0.2, 0.25) is 5.91 Å². The summed E-state index contributed by atoms with van der Waals surface area (Å²) in [6.45, 7) is 0.104. The van der Waals surface area contributed by atoms with Crippen molar-refractivity contribution in [2.45, 2.75) is 19.0 Å². The molecule has 31 heavy (non-hydrogen) atoms. The van der Waals surface area contributed by atoms with Gasteiger partial charge in [0.15, 0.2) is 0 Å². The molecule has 1 unspecified atom stereocenters. The second-order valence-corrected chi connectivity index (χ2v) is 7.51. The lowest BCUT2D eigenvalue weighted by Gasteiger charge is -2.40. The number of halogens is 1. The lowest BCUT2D eigenvalue weighted by atomic mass is 9.94. The van der Waals surface area contributed by atoms with Crippen molar-refractivity contribution in [3.05, 3.63) is 65.6 Å². The van der Waals surface area contributed by atoms with Crippen molar-refractivity contribution in [1.29, 1.82) is 0 Å². The van der Waals surface area contributed by atoms with Gasteiger partial charge < -0.3 is 15.2 Å². The third kappa shape index (κ3) is 3.43. The predicted octanol–water partition coefficient (Wildman–Crippen LogP) is 2.03. The molecule has 8 nitrogen and oxygen atoms in total. The number of nitrogens with one attached hydrogen (secondary N) is 2. The normalized spacial score (nSPS) is 18.4. The quantitative estimate of drug-likeness (QED) is 0.636. The number of hydrazone groups is 1. The van der Waals surface area contributed by atoms with Gasteiger partial charge in [-0.3, -0.25) is 14.4 Å². The van der Waals surface area contributed by atoms with Crippen LogP contribution in [0.5, 0.6) is 0 Å². The summed E-state index contributed by atoms with van der Waals surface area (Å²) in [5.74, 6) is -1.57. The summed E-state index contributed by atoms with van der Waals surface area (Å²) in [4.78, 5) is 42.7. The van der Waals surface area contributed by atoms with E-state index in [0.717, 1.165) is 33.4 Å². The largest absolute Gasteiger partial charge is 0.357 e. The van der Waals surface area contributed by atoms with Gasteiger partial charge in [-0.05, 0) is 35.9 Å². The van der Waals surface area contributed by atoms with Crippen LogP contribution >= 0.6 is 0 Å². The maximum absolute atomic E-state index is 13.0. The molecule has 2 N–H and O–H groups in total. The van der Waals surface area contributed by atoms with E-state index in [1.807, 2.05) is 24.3 Å². The van der Waals surface area contributed by atoms with E-state index in [2.05, 4.69) is 15.4 Å². The minimum atomic E-state index is -0.662. The molecule has 1 atom stereocenters. The fourth-order valence-corrected chi connectivity index (χ4v) is 4.09. The first kappa shape index (κ1) is 19.0. The number of fused-ring (bicyclic) bond motifs is 4. The van der Waals surface area contributed by atoms with Gasteiger partial charge in [-0.2, -0.15) is 5.10 Å². The van der Waals surface area contributed by atoms with Crippen LogP contribution in [-0.4, -0.2) is 51.4 Å². The molecule has 2 aromatic carbocycles. The molecule has 3 aromatic rings. The minimum absolute atomic E-state index is 0.231. The Balaban J connectivity index is 1.33. The van der Waals surface area contributed by atoms with Crippen LogP contribution in [0.4, 0.5) is 10.1 Å². The molecule has 1 aromatic heterocycles. The zero-order chi connectivity index (χ0) is 21.5. The Labute approximate surface area is 176 Å². The molecule has 0 bridgehead atoms. The van der Waals surface area contributed by atoms with Crippen molar-refractivity contribution >= 4 is 40.5 Å². The number of carbonyl (C=O) groups is 3. The highest BCUT2D eigenvalue weighted by Gasteiger charge is 2.43. The standard InChI is InChI=1S/C22H18FN5O3/c23-13-5-7-14(8-6-13)25-20(29)10-24-28-12-21(30)27-11-18-16(9-19(27)22(28)31)15-3-1-2-4-17(15)26-18/h1-8,10,19,26H,9,11-12H2,(H,25,29). The van der Waals surface area contributed by atoms with Gasteiger partial charge in [0.1, 0.15) is 24.6 Å². The van der Waals surface area contributed by atoms with Crippen molar-refractivity contribution in [3.8, 4) is 0 Å². The highest BCUT2D eigenvalue weighted by atomic mass is 19.1. The molecular formula is C22H18FN5O3. The Kier molecular flexibility index (Phi) is 4.50. The summed E-state index contributed by atoms with van der Waals surface area (Å²) in [5.41, 5.74) is 3.33. The maximum Gasteiger partial charge on any atom is 0.268 e. The van der Waals surface area contributed by atoms with Gasteiger partial charge in [0.25, 0.3) is 11.8 Å². The third-order valence-corrected chi connectivity index (χ3v) is 5.58. The zero-order valence-electron chi connectivity index (χ0n) is 16.3. The molecule has 1 fully saturated rings. The number of aromatic nitrogens is 1. The molecule has 0 aliphatic carbocycles. The SMILES string of the molecule is O=C(C=NN1CC(=O)N2Cc3[nH]c4ccccc4c3CC2C1=O)Nc1ccc(F)cc1. The molecule has 0 radical (unpaired) electrons. The first-order chi connectivity index (χ1) is 15.0. The van der Waals surface area contributed by atoms with Crippen LogP contribution in [0.25, 0.3) is 10.9 Å². The van der Waals surface area contributed by atoms with E-state index in [1.165, 1.54) is 24.3 Å². The van der Waals surface area contributed by atoms with Crippen molar-refractivity contribution in [3.63, 3.8) is 0 Å². The molecule has 156 valence electrons. The van der Waals surface area contributed by atoms with Crippen LogP contribution in [0, 0.1) is 5.82 Å². The van der Waals surface area contributed by atoms with Crippen molar-refractivity contribution in [1.82, 2.24) is 14.9 Å². The van der Waals surface area contributed by atoms with Crippen molar-refractivity contribution in [2.75, 3.05) is 11.9 Å². The average Bonchev–Trinajstić information content (AvgIpc) is 3.13. The van der Waals surface area contributed by atoms with E-state index in [-0.39, 0.29) is 18.4 Å². The highest BCUT2D eigenvalue weighted by molar-refractivity contribution is 6.31. The third-order valence-electron chi connectivity index (χ3n) is 5.58. The molecule has 2 aliphatic heterocycles. The number of carbonyl (C=O) groups excluding carboxylic acids is 3. The fourth-order valence-electron chi connectivity index (χ4n) is 4.09. The van der Waals surface area contributed by atoms with Gasteiger partial charge >= 0.3 is 0 Å². The monoisotopic (exact) mass is 419 g/mol. The second kappa shape index (κ2) is 7.35. The number of piperazine rings is 1. The van der Waals surface area contributed by atoms with E-state index < -0.39 is 17.8 Å². The second-order valence-electron chi connectivity index (χ2n) is 7.51. The summed E-state index contributed by atoms with van der Waals surface area (Å²) in [6, 6.07) is 12.4. The first-order valence-electron chi connectivity index (χ1n) is 9.79. The Morgan fingerprint density at radius 3 is 2.71 bits per heavy atom. The summed E-state index contributed by atoms with van der Waals surface area (Å²) in [6.07, 6.45) is 1.34. The van der Waals surface area contributed by atoms with E-state index in [4.69, 9.17) is 0 Å². The van der Waals surface area contributed by atoms with Crippen LogP contribution < -0.4 is 5.32 Å². The summed E-state index contributed by atoms with van der Waals surface area (Å²) in [7, 11) is 0. The number of amides is 3. The molecule has 1 saturated heterocycles. The van der Waals surface area contributed by atoms with Gasteiger partial charge in [-0.15, -0.1) is 0 Å². The number of H-pyrrole nitrogens is 1. The molecule has 9 heteroatoms. The van der Waals surface area contributed by atoms with E-state index in [1.54, 1.807) is 4.90 Å². The molecular weight excluding hydrogens is 401 g/mol. The Bertz CT molecular complexity index is 1230. The molecule has 3 heterocycles. The number of nitrogens with zero attached hydrogens (tertiary/aromatic N) is 3. The lowest BCUT2D eigenvalue weighted by Crippen LogP contribution is -2.60. The smallest absolute Gasteiger partial charge is 0.268 e. The number of hydrogen-bond acceptors (Lipinski definition) is 4. The summed E-state index contributed by atoms with van der Waals surface area (Å²) < 4.78 is 13.0. The number of rotatable bonds is 3. The van der Waals surface area contributed by atoms with Crippen LogP contribution in [0.2, 0.25) is 0 Å². The van der Waals surface area contributed by atoms with E-state index in [9.17, 15) is 18.8 Å². The summed E-state index contributed by atoms with van der Waals surface area (Å²) in [5, 5.41) is 8.54. The topological polar surface area (TPSA) is 97.9 Å². The van der Waals surface area contributed by atoms with Crippen LogP contribution in [-0.2, 0) is 27.3 Å². The zero-order valence-corrected chi connectivity index (χ0v) is 16.3. The molecule has 3 amide bonds. The molecule has 0 saturated carbocycles. The average molecular weight is 419 g/mol. The van der Waals surface area contributed by atoms with Gasteiger partial charge in [-0.1, -0.05) is 18.2 Å². The molecule has 0 spiro atoms. The maximum atomic E-state index is 13.0. The Morgan fingerprint density at radius 1 is 1.13 bits per heavy atom. The number of anilines is 1. The number of hydrogen-bond donors (Lipinski definition) is 2. The number of benzene rings is 2. The molecule has 2 aliphatic rings. The van der Waals surface area contributed by atoms with Crippen LogP contribution in [0.3, 0.4) is 0 Å².